The van der Waals surface area contributed by atoms with Crippen LogP contribution in [0.5, 0.6) is 5.75 Å². The van der Waals surface area contributed by atoms with E-state index in [-0.39, 0.29) is 16.6 Å². The summed E-state index contributed by atoms with van der Waals surface area (Å²) in [5.41, 5.74) is -0.606. The lowest BCUT2D eigenvalue weighted by Gasteiger charge is -2.08. The molecule has 0 saturated carbocycles. The van der Waals surface area contributed by atoms with Crippen molar-refractivity contribution in [2.24, 2.45) is 0 Å². The molecule has 0 atom stereocenters. The summed E-state index contributed by atoms with van der Waals surface area (Å²) in [6, 6.07) is 1.68. The zero-order valence-electron chi connectivity index (χ0n) is 6.84. The Morgan fingerprint density at radius 1 is 1.64 bits per heavy atom. The Bertz CT molecular complexity index is 390. The van der Waals surface area contributed by atoms with E-state index in [1.54, 1.807) is 6.07 Å². The fraction of sp³-hybridized carbons (Fsp3) is 0.250. The van der Waals surface area contributed by atoms with E-state index >= 15 is 0 Å². The Morgan fingerprint density at radius 3 is 2.71 bits per heavy atom. The van der Waals surface area contributed by atoms with E-state index in [0.717, 1.165) is 6.20 Å². The Kier molecular flexibility index (Phi) is 3.36. The van der Waals surface area contributed by atoms with Crippen molar-refractivity contribution in [3.8, 4) is 11.8 Å². The number of nitriles is 1. The molecule has 1 rings (SSSR count). The van der Waals surface area contributed by atoms with Crippen molar-refractivity contribution in [3.63, 3.8) is 0 Å². The molecule has 0 aromatic carbocycles. The smallest absolute Gasteiger partial charge is 0.267 e. The topological polar surface area (TPSA) is 56.9 Å². The van der Waals surface area contributed by atoms with Gasteiger partial charge >= 0.3 is 0 Å². The van der Waals surface area contributed by atoms with Crippen LogP contribution in [0, 0.1) is 11.3 Å². The van der Waals surface area contributed by atoms with Crippen LogP contribution in [-0.2, 0) is 5.33 Å². The van der Waals surface area contributed by atoms with Gasteiger partial charge in [-0.3, -0.25) is 0 Å². The van der Waals surface area contributed by atoms with Gasteiger partial charge in [0.25, 0.3) is 6.43 Å². The number of halogens is 3. The maximum absolute atomic E-state index is 12.5. The highest BCUT2D eigenvalue weighted by molar-refractivity contribution is 9.08. The zero-order valence-corrected chi connectivity index (χ0v) is 8.42. The highest BCUT2D eigenvalue weighted by atomic mass is 79.9. The van der Waals surface area contributed by atoms with Crippen molar-refractivity contribution in [2.75, 3.05) is 0 Å². The minimum atomic E-state index is -2.82. The predicted molar refractivity (Wildman–Crippen MR) is 48.2 cm³/mol. The number of aromatic hydroxyl groups is 1. The first-order valence-electron chi connectivity index (χ1n) is 3.56. The number of aromatic nitrogens is 1. The van der Waals surface area contributed by atoms with Gasteiger partial charge in [-0.2, -0.15) is 5.26 Å². The summed E-state index contributed by atoms with van der Waals surface area (Å²) >= 11 is 2.97. The number of nitrogens with zero attached hydrogens (tertiary/aromatic N) is 2. The lowest BCUT2D eigenvalue weighted by molar-refractivity contribution is 0.146. The minimum Gasteiger partial charge on any atom is -0.506 e. The number of hydrogen-bond acceptors (Lipinski definition) is 3. The van der Waals surface area contributed by atoms with Crippen LogP contribution in [0.15, 0.2) is 6.20 Å². The van der Waals surface area contributed by atoms with Gasteiger partial charge in [-0.1, -0.05) is 15.9 Å². The van der Waals surface area contributed by atoms with Crippen molar-refractivity contribution >= 4 is 15.9 Å². The second kappa shape index (κ2) is 4.33. The quantitative estimate of drug-likeness (QED) is 0.834. The van der Waals surface area contributed by atoms with Crippen LogP contribution in [0.3, 0.4) is 0 Å². The highest BCUT2D eigenvalue weighted by Crippen LogP contribution is 2.33. The molecule has 1 heterocycles. The standard InChI is InChI=1S/C8H5BrF2N2O/c9-1-4-5(2-12)13-3-6(14)7(4)8(10)11/h3,8,14H,1H2. The molecule has 74 valence electrons. The molecule has 1 aromatic heterocycles. The lowest BCUT2D eigenvalue weighted by Crippen LogP contribution is -1.99. The van der Waals surface area contributed by atoms with Crippen molar-refractivity contribution in [3.05, 3.63) is 23.0 Å². The SMILES string of the molecule is N#Cc1ncc(O)c(C(F)F)c1CBr. The van der Waals surface area contributed by atoms with Crippen LogP contribution in [0.4, 0.5) is 8.78 Å². The van der Waals surface area contributed by atoms with Crippen molar-refractivity contribution in [2.45, 2.75) is 11.8 Å². The number of hydrogen-bond donors (Lipinski definition) is 1. The van der Waals surface area contributed by atoms with Crippen LogP contribution in [0.1, 0.15) is 23.2 Å². The van der Waals surface area contributed by atoms with Gasteiger partial charge in [-0.05, 0) is 0 Å². The highest BCUT2D eigenvalue weighted by Gasteiger charge is 2.20. The molecule has 0 aliphatic heterocycles. The molecule has 0 aliphatic carbocycles. The fourth-order valence-electron chi connectivity index (χ4n) is 1.03. The summed E-state index contributed by atoms with van der Waals surface area (Å²) in [6.07, 6.45) is -1.97. The van der Waals surface area contributed by atoms with Gasteiger partial charge in [0.05, 0.1) is 11.8 Å². The largest absolute Gasteiger partial charge is 0.506 e. The molecule has 0 bridgehead atoms. The Hall–Kier alpha value is -1.22. The van der Waals surface area contributed by atoms with Gasteiger partial charge < -0.3 is 5.11 Å². The molecular formula is C8H5BrF2N2O. The van der Waals surface area contributed by atoms with E-state index in [9.17, 15) is 8.78 Å². The van der Waals surface area contributed by atoms with Crippen LogP contribution in [0.2, 0.25) is 0 Å². The molecule has 0 radical (unpaired) electrons. The summed E-state index contributed by atoms with van der Waals surface area (Å²) in [5, 5.41) is 17.8. The van der Waals surface area contributed by atoms with Crippen LogP contribution < -0.4 is 0 Å². The van der Waals surface area contributed by atoms with Gasteiger partial charge in [0.15, 0.2) is 0 Å². The third kappa shape index (κ3) is 1.82. The Balaban J connectivity index is 3.45. The van der Waals surface area contributed by atoms with Crippen molar-refractivity contribution in [1.29, 1.82) is 5.26 Å². The first-order chi connectivity index (χ1) is 6.61. The summed E-state index contributed by atoms with van der Waals surface area (Å²) < 4.78 is 24.9. The number of alkyl halides is 3. The average molecular weight is 263 g/mol. The first kappa shape index (κ1) is 10.9. The molecule has 0 saturated heterocycles. The van der Waals surface area contributed by atoms with Gasteiger partial charge in [0.2, 0.25) is 0 Å². The minimum absolute atomic E-state index is 0.0301. The van der Waals surface area contributed by atoms with E-state index in [1.807, 2.05) is 0 Å². The fourth-order valence-corrected chi connectivity index (χ4v) is 1.60. The predicted octanol–water partition coefficient (Wildman–Crippen LogP) is 2.49. The van der Waals surface area contributed by atoms with E-state index in [2.05, 4.69) is 20.9 Å². The molecule has 14 heavy (non-hydrogen) atoms. The third-order valence-electron chi connectivity index (χ3n) is 1.66. The monoisotopic (exact) mass is 262 g/mol. The van der Waals surface area contributed by atoms with Gasteiger partial charge in [0.1, 0.15) is 17.5 Å². The van der Waals surface area contributed by atoms with Gasteiger partial charge in [0, 0.05) is 10.9 Å². The molecule has 1 N–H and O–H groups in total. The second-order valence-corrected chi connectivity index (χ2v) is 2.99. The lowest BCUT2D eigenvalue weighted by atomic mass is 10.1. The van der Waals surface area contributed by atoms with Crippen molar-refractivity contribution in [1.82, 2.24) is 4.98 Å². The molecule has 0 fully saturated rings. The first-order valence-corrected chi connectivity index (χ1v) is 4.69. The van der Waals surface area contributed by atoms with E-state index < -0.39 is 17.7 Å². The maximum Gasteiger partial charge on any atom is 0.267 e. The molecule has 0 spiro atoms. The summed E-state index contributed by atoms with van der Waals surface area (Å²) in [4.78, 5) is 3.54. The number of rotatable bonds is 2. The van der Waals surface area contributed by atoms with Crippen LogP contribution in [0.25, 0.3) is 0 Å². The molecule has 1 aromatic rings. The van der Waals surface area contributed by atoms with Crippen LogP contribution in [-0.4, -0.2) is 10.1 Å². The summed E-state index contributed by atoms with van der Waals surface area (Å²) in [5.74, 6) is -0.589. The molecule has 0 amide bonds. The van der Waals surface area contributed by atoms with Gasteiger partial charge in [-0.15, -0.1) is 0 Å². The van der Waals surface area contributed by atoms with E-state index in [1.165, 1.54) is 0 Å². The molecule has 0 unspecified atom stereocenters. The maximum atomic E-state index is 12.5. The zero-order chi connectivity index (χ0) is 10.7. The Morgan fingerprint density at radius 2 is 2.29 bits per heavy atom. The second-order valence-electron chi connectivity index (χ2n) is 2.43. The third-order valence-corrected chi connectivity index (χ3v) is 2.22. The van der Waals surface area contributed by atoms with Crippen molar-refractivity contribution < 1.29 is 13.9 Å². The molecular weight excluding hydrogens is 258 g/mol. The van der Waals surface area contributed by atoms with Crippen LogP contribution >= 0.6 is 15.9 Å². The van der Waals surface area contributed by atoms with Gasteiger partial charge in [-0.25, -0.2) is 13.8 Å². The molecule has 3 nitrogen and oxygen atoms in total. The normalized spacial score (nSPS) is 10.2. The van der Waals surface area contributed by atoms with E-state index in [0.29, 0.717) is 0 Å². The Labute approximate surface area is 87.1 Å². The summed E-state index contributed by atoms with van der Waals surface area (Å²) in [6.45, 7) is 0. The average Bonchev–Trinajstić information content (AvgIpc) is 2.16. The molecule has 6 heteroatoms. The number of pyridine rings is 1. The van der Waals surface area contributed by atoms with E-state index in [4.69, 9.17) is 10.4 Å². The molecule has 0 aliphatic rings. The summed E-state index contributed by atoms with van der Waals surface area (Å²) in [7, 11) is 0.